The Balaban J connectivity index is 1.94. The van der Waals surface area contributed by atoms with Crippen LogP contribution in [0, 0.1) is 5.92 Å². The summed E-state index contributed by atoms with van der Waals surface area (Å²) in [7, 11) is -1.24. The van der Waals surface area contributed by atoms with Crippen LogP contribution in [0.25, 0.3) is 5.47 Å². The number of allylic oxidation sites excluding steroid dienone is 1. The fourth-order valence-electron chi connectivity index (χ4n) is 4.74. The zero-order valence-corrected chi connectivity index (χ0v) is 21.3. The average molecular weight is 459 g/mol. The summed E-state index contributed by atoms with van der Waals surface area (Å²) in [5.41, 5.74) is 3.46. The SMILES string of the molecule is C[PH](C)(C)C/C(=C(\B(c1cccs1)c1cccs1)c1cccs1)C1CCCCC1. The van der Waals surface area contributed by atoms with E-state index in [9.17, 15) is 0 Å². The van der Waals surface area contributed by atoms with E-state index >= 15 is 0 Å². The van der Waals surface area contributed by atoms with Crippen molar-refractivity contribution in [2.45, 2.75) is 32.1 Å². The Morgan fingerprint density at radius 2 is 1.45 bits per heavy atom. The minimum absolute atomic E-state index is 0.391. The van der Waals surface area contributed by atoms with Crippen LogP contribution in [0.5, 0.6) is 0 Å². The molecule has 1 aliphatic rings. The number of thiophene rings is 3. The maximum absolute atomic E-state index is 2.55. The van der Waals surface area contributed by atoms with Gasteiger partial charge in [-0.25, -0.2) is 0 Å². The molecular formula is C24H32BPS3. The molecular weight excluding hydrogens is 426 g/mol. The van der Waals surface area contributed by atoms with Gasteiger partial charge in [0.05, 0.1) is 0 Å². The molecule has 5 heteroatoms. The normalized spacial score (nSPS) is 17.2. The van der Waals surface area contributed by atoms with E-state index in [-0.39, 0.29) is 0 Å². The van der Waals surface area contributed by atoms with Gasteiger partial charge >= 0.3 is 190 Å². The van der Waals surface area contributed by atoms with Crippen LogP contribution in [0.3, 0.4) is 0 Å². The molecule has 154 valence electrons. The van der Waals surface area contributed by atoms with Crippen LogP contribution in [0.1, 0.15) is 37.0 Å². The molecule has 0 radical (unpaired) electrons. The van der Waals surface area contributed by atoms with Crippen molar-refractivity contribution in [1.29, 1.82) is 0 Å². The maximum atomic E-state index is 2.55. The van der Waals surface area contributed by atoms with Gasteiger partial charge in [-0.1, -0.05) is 0 Å². The van der Waals surface area contributed by atoms with Crippen molar-refractivity contribution in [1.82, 2.24) is 0 Å². The summed E-state index contributed by atoms with van der Waals surface area (Å²) < 4.78 is 3.00. The van der Waals surface area contributed by atoms with Gasteiger partial charge in [-0.05, 0) is 0 Å². The van der Waals surface area contributed by atoms with Crippen molar-refractivity contribution >= 4 is 63.0 Å². The first-order valence-electron chi connectivity index (χ1n) is 10.9. The molecule has 1 aliphatic carbocycles. The molecule has 0 amide bonds. The third-order valence-electron chi connectivity index (χ3n) is 5.90. The van der Waals surface area contributed by atoms with Crippen LogP contribution >= 0.6 is 41.3 Å². The van der Waals surface area contributed by atoms with Gasteiger partial charge in [0.2, 0.25) is 0 Å². The Morgan fingerprint density at radius 1 is 0.862 bits per heavy atom. The van der Waals surface area contributed by atoms with Crippen LogP contribution in [0.15, 0.2) is 58.1 Å². The Morgan fingerprint density at radius 3 is 1.93 bits per heavy atom. The number of hydrogen-bond donors (Lipinski definition) is 0. The molecule has 0 aromatic carbocycles. The van der Waals surface area contributed by atoms with Gasteiger partial charge in [0.15, 0.2) is 0 Å². The summed E-state index contributed by atoms with van der Waals surface area (Å²) in [4.78, 5) is 1.50. The zero-order chi connectivity index (χ0) is 20.3. The minimum atomic E-state index is -1.24. The molecule has 4 rings (SSSR count). The van der Waals surface area contributed by atoms with E-state index in [0.29, 0.717) is 6.71 Å². The molecule has 0 unspecified atom stereocenters. The average Bonchev–Trinajstić information content (AvgIpc) is 3.48. The van der Waals surface area contributed by atoms with Gasteiger partial charge in [0, 0.05) is 0 Å². The molecule has 0 atom stereocenters. The van der Waals surface area contributed by atoms with Gasteiger partial charge in [-0.2, -0.15) is 0 Å². The molecule has 0 spiro atoms. The van der Waals surface area contributed by atoms with E-state index < -0.39 is 7.26 Å². The quantitative estimate of drug-likeness (QED) is 0.273. The standard InChI is InChI=1S/C24H32BPS3/c1-26(2,3)18-20(19-10-5-4-6-11-19)24(21-12-7-15-27-21)25(22-13-8-16-28-22)23-14-9-17-29-23/h7-9,12-17,19,26H,4-6,10-11,18H2,1-3H3/b24-20+. The Kier molecular flexibility index (Phi) is 7.17. The summed E-state index contributed by atoms with van der Waals surface area (Å²) in [5.74, 6) is 0.773. The summed E-state index contributed by atoms with van der Waals surface area (Å²) >= 11 is 5.79. The van der Waals surface area contributed by atoms with Crippen molar-refractivity contribution in [3.05, 3.63) is 63.0 Å². The molecule has 3 aromatic rings. The molecule has 3 aromatic heterocycles. The predicted octanol–water partition coefficient (Wildman–Crippen LogP) is 6.69. The topological polar surface area (TPSA) is 0 Å². The third-order valence-corrected chi connectivity index (χ3v) is 10.1. The van der Waals surface area contributed by atoms with Crippen molar-refractivity contribution in [3.63, 3.8) is 0 Å². The first-order chi connectivity index (χ1) is 14.0. The van der Waals surface area contributed by atoms with E-state index in [0.717, 1.165) is 5.92 Å². The summed E-state index contributed by atoms with van der Waals surface area (Å²) in [5, 5.41) is 6.77. The number of hydrogen-bond acceptors (Lipinski definition) is 3. The molecule has 1 fully saturated rings. The molecule has 3 heterocycles. The Labute approximate surface area is 189 Å². The first-order valence-corrected chi connectivity index (χ1v) is 17.2. The molecule has 0 saturated heterocycles. The van der Waals surface area contributed by atoms with Crippen LogP contribution in [-0.4, -0.2) is 32.9 Å². The van der Waals surface area contributed by atoms with Crippen molar-refractivity contribution in [2.24, 2.45) is 5.92 Å². The van der Waals surface area contributed by atoms with Crippen LogP contribution in [0.4, 0.5) is 0 Å². The predicted molar refractivity (Wildman–Crippen MR) is 142 cm³/mol. The molecule has 29 heavy (non-hydrogen) atoms. The van der Waals surface area contributed by atoms with Crippen LogP contribution in [0.2, 0.25) is 0 Å². The van der Waals surface area contributed by atoms with Gasteiger partial charge < -0.3 is 0 Å². The van der Waals surface area contributed by atoms with Gasteiger partial charge in [-0.3, -0.25) is 0 Å². The van der Waals surface area contributed by atoms with Gasteiger partial charge in [0.25, 0.3) is 0 Å². The van der Waals surface area contributed by atoms with Crippen LogP contribution in [-0.2, 0) is 0 Å². The van der Waals surface area contributed by atoms with Gasteiger partial charge in [-0.15, -0.1) is 0 Å². The second-order valence-electron chi connectivity index (χ2n) is 9.45. The molecule has 0 aliphatic heterocycles. The molecule has 0 N–H and O–H groups in total. The van der Waals surface area contributed by atoms with Gasteiger partial charge in [0.1, 0.15) is 0 Å². The van der Waals surface area contributed by atoms with Crippen molar-refractivity contribution in [3.8, 4) is 0 Å². The third kappa shape index (κ3) is 5.34. The van der Waals surface area contributed by atoms with Crippen molar-refractivity contribution in [2.75, 3.05) is 26.2 Å². The second-order valence-corrected chi connectivity index (χ2v) is 17.8. The van der Waals surface area contributed by atoms with E-state index in [1.807, 2.05) is 34.0 Å². The Bertz CT molecular complexity index is 862. The van der Waals surface area contributed by atoms with Crippen LogP contribution < -0.4 is 9.55 Å². The number of rotatable bonds is 7. The first kappa shape index (κ1) is 21.6. The van der Waals surface area contributed by atoms with E-state index in [1.54, 1.807) is 11.0 Å². The van der Waals surface area contributed by atoms with E-state index in [1.165, 1.54) is 52.7 Å². The molecule has 0 bridgehead atoms. The van der Waals surface area contributed by atoms with E-state index in [4.69, 9.17) is 0 Å². The summed E-state index contributed by atoms with van der Waals surface area (Å²) in [6, 6.07) is 13.8. The summed E-state index contributed by atoms with van der Waals surface area (Å²) in [6.07, 6.45) is 8.33. The zero-order valence-electron chi connectivity index (χ0n) is 17.8. The fourth-order valence-corrected chi connectivity index (χ4v) is 8.97. The summed E-state index contributed by atoms with van der Waals surface area (Å²) in [6.45, 7) is 8.04. The fraction of sp³-hybridized carbons (Fsp3) is 0.417. The monoisotopic (exact) mass is 458 g/mol. The second kappa shape index (κ2) is 9.64. The van der Waals surface area contributed by atoms with Crippen molar-refractivity contribution < 1.29 is 0 Å². The molecule has 1 saturated carbocycles. The van der Waals surface area contributed by atoms with E-state index in [2.05, 4.69) is 72.5 Å². The Hall–Kier alpha value is -0.665. The molecule has 0 nitrogen and oxygen atoms in total.